The number of rotatable bonds is 9. The highest BCUT2D eigenvalue weighted by atomic mass is 35.5. The minimum absolute atomic E-state index is 0.199. The average Bonchev–Trinajstić information content (AvgIpc) is 3.34. The monoisotopic (exact) mass is 481 g/mol. The van der Waals surface area contributed by atoms with E-state index in [9.17, 15) is 4.79 Å². The van der Waals surface area contributed by atoms with Crippen LogP contribution in [0.15, 0.2) is 47.3 Å². The summed E-state index contributed by atoms with van der Waals surface area (Å²) in [5.41, 5.74) is 1.63. The molecule has 0 amide bonds. The van der Waals surface area contributed by atoms with Gasteiger partial charge in [-0.25, -0.2) is 0 Å². The molecule has 2 heterocycles. The summed E-state index contributed by atoms with van der Waals surface area (Å²) in [6.45, 7) is 5.23. The van der Waals surface area contributed by atoms with Crippen molar-refractivity contribution in [3.05, 3.63) is 79.3 Å². The molecule has 0 bridgehead atoms. The van der Waals surface area contributed by atoms with Gasteiger partial charge in [-0.15, -0.1) is 5.10 Å². The molecule has 0 atom stereocenters. The molecule has 4 rings (SSSR count). The number of halogens is 1. The molecule has 2 aromatic heterocycles. The normalized spacial score (nSPS) is 12.2. The lowest BCUT2D eigenvalue weighted by Gasteiger charge is -2.12. The largest absolute Gasteiger partial charge is 0.490 e. The van der Waals surface area contributed by atoms with Gasteiger partial charge in [0.2, 0.25) is 4.96 Å². The number of fused-ring (bicyclic) bond motifs is 1. The first-order valence-electron chi connectivity index (χ1n) is 10.8. The molecule has 6 nitrogen and oxygen atoms in total. The van der Waals surface area contributed by atoms with E-state index in [2.05, 4.69) is 17.0 Å². The second-order valence-corrected chi connectivity index (χ2v) is 8.75. The van der Waals surface area contributed by atoms with Crippen molar-refractivity contribution in [1.29, 1.82) is 0 Å². The Labute approximate surface area is 200 Å². The molecular weight excluding hydrogens is 458 g/mol. The maximum Gasteiger partial charge on any atom is 0.291 e. The fourth-order valence-corrected chi connectivity index (χ4v) is 4.18. The van der Waals surface area contributed by atoms with Crippen LogP contribution in [0.25, 0.3) is 23.2 Å². The lowest BCUT2D eigenvalue weighted by molar-refractivity contribution is 0.272. The van der Waals surface area contributed by atoms with E-state index in [0.717, 1.165) is 24.0 Å². The van der Waals surface area contributed by atoms with E-state index in [0.29, 0.717) is 45.1 Å². The van der Waals surface area contributed by atoms with Crippen LogP contribution in [0.2, 0.25) is 5.02 Å². The van der Waals surface area contributed by atoms with Crippen LogP contribution in [0.1, 0.15) is 43.6 Å². The van der Waals surface area contributed by atoms with Crippen molar-refractivity contribution >= 4 is 46.1 Å². The predicted molar refractivity (Wildman–Crippen MR) is 134 cm³/mol. The molecule has 8 heteroatoms. The molecule has 0 aliphatic rings. The smallest absolute Gasteiger partial charge is 0.291 e. The Bertz CT molecular complexity index is 1380. The number of hydrogen-bond acceptors (Lipinski definition) is 6. The summed E-state index contributed by atoms with van der Waals surface area (Å²) >= 11 is 7.22. The van der Waals surface area contributed by atoms with Gasteiger partial charge in [0.25, 0.3) is 5.56 Å². The maximum atomic E-state index is 12.9. The number of aromatic nitrogens is 3. The van der Waals surface area contributed by atoms with Crippen LogP contribution in [0, 0.1) is 0 Å². The van der Waals surface area contributed by atoms with Crippen LogP contribution >= 0.6 is 22.9 Å². The van der Waals surface area contributed by atoms with Crippen molar-refractivity contribution in [3.63, 3.8) is 0 Å². The summed E-state index contributed by atoms with van der Waals surface area (Å²) < 4.78 is 13.5. The summed E-state index contributed by atoms with van der Waals surface area (Å²) in [5, 5.41) is 5.02. The van der Waals surface area contributed by atoms with E-state index < -0.39 is 0 Å². The van der Waals surface area contributed by atoms with Crippen molar-refractivity contribution in [1.82, 2.24) is 14.6 Å². The Kier molecular flexibility index (Phi) is 7.42. The van der Waals surface area contributed by atoms with Crippen molar-refractivity contribution < 1.29 is 9.47 Å². The van der Waals surface area contributed by atoms with Gasteiger partial charge in [0.15, 0.2) is 17.3 Å². The number of thiazole rings is 1. The Balaban J connectivity index is 1.59. The van der Waals surface area contributed by atoms with E-state index in [1.807, 2.05) is 61.5 Å². The maximum absolute atomic E-state index is 12.9. The lowest BCUT2D eigenvalue weighted by atomic mass is 10.2. The van der Waals surface area contributed by atoms with Crippen molar-refractivity contribution in [3.8, 4) is 11.5 Å². The molecule has 0 spiro atoms. The van der Waals surface area contributed by atoms with Gasteiger partial charge in [-0.1, -0.05) is 60.6 Å². The molecule has 4 aromatic rings. The third-order valence-electron chi connectivity index (χ3n) is 4.81. The first kappa shape index (κ1) is 23.0. The summed E-state index contributed by atoms with van der Waals surface area (Å²) in [5.74, 6) is 1.86. The van der Waals surface area contributed by atoms with Crippen molar-refractivity contribution in [2.75, 3.05) is 13.2 Å². The molecular formula is C25H24ClN3O3S. The third kappa shape index (κ3) is 5.61. The quantitative estimate of drug-likeness (QED) is 0.311. The van der Waals surface area contributed by atoms with Gasteiger partial charge >= 0.3 is 0 Å². The highest BCUT2D eigenvalue weighted by Crippen LogP contribution is 2.29. The van der Waals surface area contributed by atoms with Crippen LogP contribution < -0.4 is 19.6 Å². The number of benzene rings is 2. The zero-order valence-electron chi connectivity index (χ0n) is 18.5. The van der Waals surface area contributed by atoms with Gasteiger partial charge in [0.05, 0.1) is 17.7 Å². The van der Waals surface area contributed by atoms with Gasteiger partial charge in [0, 0.05) is 5.02 Å². The minimum Gasteiger partial charge on any atom is -0.490 e. The summed E-state index contributed by atoms with van der Waals surface area (Å²) in [6, 6.07) is 13.1. The fourth-order valence-electron chi connectivity index (χ4n) is 3.14. The molecule has 170 valence electrons. The third-order valence-corrected chi connectivity index (χ3v) is 6.03. The van der Waals surface area contributed by atoms with Crippen LogP contribution in [-0.4, -0.2) is 27.8 Å². The van der Waals surface area contributed by atoms with Crippen molar-refractivity contribution in [2.24, 2.45) is 0 Å². The number of ether oxygens (including phenoxy) is 2. The fraction of sp³-hybridized carbons (Fsp3) is 0.240. The summed E-state index contributed by atoms with van der Waals surface area (Å²) in [6.07, 6.45) is 7.53. The number of nitrogens with zero attached hydrogens (tertiary/aromatic N) is 3. The van der Waals surface area contributed by atoms with Gasteiger partial charge in [-0.05, 0) is 60.9 Å². The molecule has 0 aliphatic heterocycles. The van der Waals surface area contributed by atoms with Gasteiger partial charge in [-0.3, -0.25) is 4.79 Å². The molecule has 0 radical (unpaired) electrons. The Morgan fingerprint density at radius 3 is 2.55 bits per heavy atom. The Morgan fingerprint density at radius 1 is 1.03 bits per heavy atom. The van der Waals surface area contributed by atoms with Gasteiger partial charge in [-0.2, -0.15) is 9.50 Å². The van der Waals surface area contributed by atoms with Crippen LogP contribution in [0.5, 0.6) is 11.5 Å². The Morgan fingerprint density at radius 2 is 1.82 bits per heavy atom. The van der Waals surface area contributed by atoms with Crippen LogP contribution in [0.3, 0.4) is 0 Å². The first-order chi connectivity index (χ1) is 16.1. The summed E-state index contributed by atoms with van der Waals surface area (Å²) in [7, 11) is 0. The zero-order chi connectivity index (χ0) is 23.2. The zero-order valence-corrected chi connectivity index (χ0v) is 20.0. The standard InChI is InChI=1S/C25H24ClN3O3S/c1-3-5-14-32-20-12-8-18(15-21(20)31-4-2)16-22-24(30)29-25(33-22)27-23(28-29)13-9-17-6-10-19(26)11-7-17/h6-13,15-16H,3-5,14H2,1-2H3. The van der Waals surface area contributed by atoms with E-state index in [-0.39, 0.29) is 5.56 Å². The van der Waals surface area contributed by atoms with Crippen LogP contribution in [-0.2, 0) is 0 Å². The summed E-state index contributed by atoms with van der Waals surface area (Å²) in [4.78, 5) is 17.9. The molecule has 0 N–H and O–H groups in total. The molecule has 33 heavy (non-hydrogen) atoms. The highest BCUT2D eigenvalue weighted by molar-refractivity contribution is 7.15. The molecule has 2 aromatic carbocycles. The minimum atomic E-state index is -0.199. The van der Waals surface area contributed by atoms with E-state index in [1.165, 1.54) is 15.9 Å². The van der Waals surface area contributed by atoms with E-state index >= 15 is 0 Å². The second-order valence-electron chi connectivity index (χ2n) is 7.31. The lowest BCUT2D eigenvalue weighted by Crippen LogP contribution is -2.23. The molecule has 0 saturated carbocycles. The van der Waals surface area contributed by atoms with E-state index in [1.54, 1.807) is 6.08 Å². The Hall–Kier alpha value is -3.16. The van der Waals surface area contributed by atoms with Crippen LogP contribution in [0.4, 0.5) is 0 Å². The second kappa shape index (κ2) is 10.6. The van der Waals surface area contributed by atoms with Crippen molar-refractivity contribution in [2.45, 2.75) is 26.7 Å². The molecule has 0 unspecified atom stereocenters. The number of hydrogen-bond donors (Lipinski definition) is 0. The van der Waals surface area contributed by atoms with Gasteiger partial charge in [0.1, 0.15) is 0 Å². The number of unbranched alkanes of at least 4 members (excludes halogenated alkanes) is 1. The van der Waals surface area contributed by atoms with E-state index in [4.69, 9.17) is 21.1 Å². The molecule has 0 aliphatic carbocycles. The SMILES string of the molecule is CCCCOc1ccc(C=c2sc3nc(C=Cc4ccc(Cl)cc4)nn3c2=O)cc1OCC. The topological polar surface area (TPSA) is 65.7 Å². The van der Waals surface area contributed by atoms with Gasteiger partial charge < -0.3 is 9.47 Å². The average molecular weight is 482 g/mol. The molecule has 0 fully saturated rings. The molecule has 0 saturated heterocycles. The highest BCUT2D eigenvalue weighted by Gasteiger charge is 2.10. The first-order valence-corrected chi connectivity index (χ1v) is 12.0. The predicted octanol–water partition coefficient (Wildman–Crippen LogP) is 5.10.